The zero-order chi connectivity index (χ0) is 37.4. The first-order valence-electron chi connectivity index (χ1n) is 18.3. The van der Waals surface area contributed by atoms with E-state index < -0.39 is 80.6 Å². The smallest absolute Gasteiger partial charge is 0.410 e. The SMILES string of the molecule is CC(C)CN(C)C(=O)N[C@H]1CCCCCC=C[C@@H]2C[C@@]2(C(=O)NS(=O)(=O)C2CC2)NC(=O)[C@@H]2C[C@@H](OC(=O)N3Cc4cccc(F)c4C3)CN2C1=O. The molecule has 3 N–H and O–H groups in total. The standard InChI is InChI=1S/C36H49FN6O8S/c1-22(2)18-41(3)34(47)38-29-13-8-6-4-5-7-11-24-17-36(24,33(46)40-52(49,50)26-14-15-26)39-31(44)30-16-25(20-43(30)32(29)45)51-35(48)42-19-23-10-9-12-28(37)27(23)21-42/h7,9-12,22,24-26,29-30H,4-6,8,13-21H2,1-3H3,(H,38,47)(H,39,44)(H,40,46)/t24-,25-,29+,30+,36-/m1/s1. The van der Waals surface area contributed by atoms with Crippen LogP contribution in [0.5, 0.6) is 0 Å². The lowest BCUT2D eigenvalue weighted by Gasteiger charge is -2.31. The van der Waals surface area contributed by atoms with Crippen molar-refractivity contribution in [2.75, 3.05) is 20.1 Å². The molecule has 3 fully saturated rings. The number of amides is 6. The van der Waals surface area contributed by atoms with Crippen LogP contribution < -0.4 is 15.4 Å². The Morgan fingerprint density at radius 1 is 1.12 bits per heavy atom. The topological polar surface area (TPSA) is 175 Å². The minimum Gasteiger partial charge on any atom is -0.444 e. The second-order valence-corrected chi connectivity index (χ2v) is 17.2. The quantitative estimate of drug-likeness (QED) is 0.358. The Balaban J connectivity index is 1.25. The fourth-order valence-electron chi connectivity index (χ4n) is 7.46. The third-order valence-corrected chi connectivity index (χ3v) is 12.4. The number of ether oxygens (including phenoxy) is 1. The van der Waals surface area contributed by atoms with E-state index in [2.05, 4.69) is 15.4 Å². The van der Waals surface area contributed by atoms with Gasteiger partial charge in [-0.3, -0.25) is 24.0 Å². The molecular weight excluding hydrogens is 695 g/mol. The summed E-state index contributed by atoms with van der Waals surface area (Å²) in [7, 11) is -2.27. The highest BCUT2D eigenvalue weighted by Gasteiger charge is 2.62. The molecule has 284 valence electrons. The Kier molecular flexibility index (Phi) is 10.9. The van der Waals surface area contributed by atoms with Crippen LogP contribution in [0.15, 0.2) is 30.4 Å². The maximum Gasteiger partial charge on any atom is 0.410 e. The molecule has 0 aromatic heterocycles. The van der Waals surface area contributed by atoms with Crippen LogP contribution in [-0.4, -0.2) is 102 Å². The van der Waals surface area contributed by atoms with Crippen molar-refractivity contribution in [3.8, 4) is 0 Å². The molecule has 0 radical (unpaired) electrons. The monoisotopic (exact) mass is 744 g/mol. The molecule has 52 heavy (non-hydrogen) atoms. The predicted octanol–water partition coefficient (Wildman–Crippen LogP) is 2.92. The Morgan fingerprint density at radius 3 is 2.60 bits per heavy atom. The van der Waals surface area contributed by atoms with Gasteiger partial charge in [0.1, 0.15) is 29.5 Å². The number of rotatable bonds is 7. The van der Waals surface area contributed by atoms with Crippen molar-refractivity contribution in [3.63, 3.8) is 0 Å². The van der Waals surface area contributed by atoms with Crippen molar-refractivity contribution in [1.82, 2.24) is 30.1 Å². The van der Waals surface area contributed by atoms with E-state index in [9.17, 15) is 36.8 Å². The summed E-state index contributed by atoms with van der Waals surface area (Å²) in [6, 6.07) is 2.00. The molecule has 1 saturated heterocycles. The zero-order valence-corrected chi connectivity index (χ0v) is 30.8. The first-order chi connectivity index (χ1) is 24.7. The molecule has 0 unspecified atom stereocenters. The van der Waals surface area contributed by atoms with E-state index in [1.54, 1.807) is 19.2 Å². The lowest BCUT2D eigenvalue weighted by molar-refractivity contribution is -0.141. The number of benzene rings is 1. The van der Waals surface area contributed by atoms with Crippen molar-refractivity contribution in [1.29, 1.82) is 0 Å². The van der Waals surface area contributed by atoms with Crippen LogP contribution in [-0.2, 0) is 42.2 Å². The van der Waals surface area contributed by atoms with Gasteiger partial charge >= 0.3 is 12.1 Å². The number of carbonyl (C=O) groups is 5. The minimum absolute atomic E-state index is 0.00836. The molecule has 0 spiro atoms. The van der Waals surface area contributed by atoms with Gasteiger partial charge in [0.15, 0.2) is 0 Å². The first-order valence-corrected chi connectivity index (χ1v) is 19.8. The summed E-state index contributed by atoms with van der Waals surface area (Å²) in [4.78, 5) is 73.0. The number of nitrogens with one attached hydrogen (secondary N) is 3. The number of halogens is 1. The summed E-state index contributed by atoms with van der Waals surface area (Å²) in [5, 5.41) is 5.02. The molecule has 1 aromatic carbocycles. The Labute approximate surface area is 303 Å². The number of nitrogens with zero attached hydrogens (tertiary/aromatic N) is 3. The van der Waals surface area contributed by atoms with Crippen molar-refractivity contribution < 1.29 is 41.5 Å². The summed E-state index contributed by atoms with van der Waals surface area (Å²) in [6.45, 7) is 4.38. The van der Waals surface area contributed by atoms with E-state index in [-0.39, 0.29) is 38.4 Å². The van der Waals surface area contributed by atoms with Gasteiger partial charge in [0, 0.05) is 38.0 Å². The van der Waals surface area contributed by atoms with Gasteiger partial charge in [-0.15, -0.1) is 0 Å². The van der Waals surface area contributed by atoms with E-state index in [4.69, 9.17) is 4.74 Å². The number of urea groups is 1. The normalized spacial score (nSPS) is 27.8. The van der Waals surface area contributed by atoms with Gasteiger partial charge in [-0.1, -0.05) is 51.0 Å². The number of fused-ring (bicyclic) bond motifs is 3. The van der Waals surface area contributed by atoms with Crippen LogP contribution in [0, 0.1) is 17.7 Å². The average molecular weight is 745 g/mol. The number of sulfonamides is 1. The van der Waals surface area contributed by atoms with Gasteiger partial charge in [-0.25, -0.2) is 22.4 Å². The number of hydrogen-bond acceptors (Lipinski definition) is 8. The number of hydrogen-bond donors (Lipinski definition) is 3. The minimum atomic E-state index is -3.91. The Morgan fingerprint density at radius 2 is 1.88 bits per heavy atom. The second kappa shape index (κ2) is 15.0. The molecule has 3 aliphatic heterocycles. The second-order valence-electron chi connectivity index (χ2n) is 15.3. The molecule has 3 heterocycles. The first kappa shape index (κ1) is 37.5. The largest absolute Gasteiger partial charge is 0.444 e. The van der Waals surface area contributed by atoms with Crippen molar-refractivity contribution in [3.05, 3.63) is 47.3 Å². The lowest BCUT2D eigenvalue weighted by atomic mass is 10.0. The molecule has 5 aliphatic rings. The highest BCUT2D eigenvalue weighted by atomic mass is 32.2. The fourth-order valence-corrected chi connectivity index (χ4v) is 8.83. The summed E-state index contributed by atoms with van der Waals surface area (Å²) in [6.07, 6.45) is 6.19. The van der Waals surface area contributed by atoms with E-state index in [1.165, 1.54) is 20.8 Å². The molecule has 16 heteroatoms. The molecule has 1 aromatic rings. The van der Waals surface area contributed by atoms with Gasteiger partial charge in [0.05, 0.1) is 18.3 Å². The van der Waals surface area contributed by atoms with E-state index in [0.717, 1.165) is 12.8 Å². The van der Waals surface area contributed by atoms with Crippen molar-refractivity contribution in [2.24, 2.45) is 11.8 Å². The average Bonchev–Trinajstić information content (AvgIpc) is 3.97. The van der Waals surface area contributed by atoms with Gasteiger partial charge in [0.2, 0.25) is 21.8 Å². The lowest BCUT2D eigenvalue weighted by Crippen LogP contribution is -2.58. The molecular formula is C36H49FN6O8S. The van der Waals surface area contributed by atoms with Crippen molar-refractivity contribution >= 4 is 39.9 Å². The van der Waals surface area contributed by atoms with Gasteiger partial charge < -0.3 is 25.2 Å². The summed E-state index contributed by atoms with van der Waals surface area (Å²) in [5.74, 6) is -2.76. The molecule has 0 bridgehead atoms. The molecule has 6 amide bonds. The van der Waals surface area contributed by atoms with Crippen LogP contribution >= 0.6 is 0 Å². The van der Waals surface area contributed by atoms with Gasteiger partial charge in [-0.05, 0) is 56.1 Å². The molecule has 2 aliphatic carbocycles. The Hall–Kier alpha value is -4.21. The molecule has 5 atom stereocenters. The highest BCUT2D eigenvalue weighted by molar-refractivity contribution is 7.91. The van der Waals surface area contributed by atoms with Crippen LogP contribution in [0.1, 0.15) is 82.8 Å². The molecule has 2 saturated carbocycles. The summed E-state index contributed by atoms with van der Waals surface area (Å²) in [5.41, 5.74) is -0.487. The van der Waals surface area contributed by atoms with Gasteiger partial charge in [-0.2, -0.15) is 0 Å². The number of carbonyl (C=O) groups excluding carboxylic acids is 5. The third-order valence-electron chi connectivity index (χ3n) is 10.6. The van der Waals surface area contributed by atoms with Crippen LogP contribution in [0.25, 0.3) is 0 Å². The maximum atomic E-state index is 14.4. The van der Waals surface area contributed by atoms with E-state index in [0.29, 0.717) is 49.8 Å². The zero-order valence-electron chi connectivity index (χ0n) is 29.9. The van der Waals surface area contributed by atoms with E-state index >= 15 is 0 Å². The maximum absolute atomic E-state index is 14.4. The van der Waals surface area contributed by atoms with Crippen molar-refractivity contribution in [2.45, 2.75) is 114 Å². The Bertz CT molecular complexity index is 1730. The fraction of sp³-hybridized carbons (Fsp3) is 0.639. The third kappa shape index (κ3) is 8.21. The molecule has 14 nitrogen and oxygen atoms in total. The highest BCUT2D eigenvalue weighted by Crippen LogP contribution is 2.46. The molecule has 6 rings (SSSR count). The van der Waals surface area contributed by atoms with E-state index in [1.807, 2.05) is 26.0 Å². The summed E-state index contributed by atoms with van der Waals surface area (Å²) < 4.78 is 48.0. The van der Waals surface area contributed by atoms with Crippen LogP contribution in [0.4, 0.5) is 14.0 Å². The number of allylic oxidation sites excluding steroid dienone is 1. The van der Waals surface area contributed by atoms with Gasteiger partial charge in [0.25, 0.3) is 5.91 Å². The van der Waals surface area contributed by atoms with Crippen LogP contribution in [0.2, 0.25) is 0 Å². The van der Waals surface area contributed by atoms with Crippen LogP contribution in [0.3, 0.4) is 0 Å². The predicted molar refractivity (Wildman–Crippen MR) is 187 cm³/mol. The summed E-state index contributed by atoms with van der Waals surface area (Å²) >= 11 is 0.